The molecular formula is C19H23N3O2. The summed E-state index contributed by atoms with van der Waals surface area (Å²) >= 11 is 0. The molecule has 126 valence electrons. The monoisotopic (exact) mass is 325 g/mol. The fourth-order valence-corrected chi connectivity index (χ4v) is 2.83. The van der Waals surface area contributed by atoms with Crippen molar-refractivity contribution in [2.24, 2.45) is 0 Å². The van der Waals surface area contributed by atoms with Crippen molar-refractivity contribution in [3.8, 4) is 5.75 Å². The Labute approximate surface area is 142 Å². The summed E-state index contributed by atoms with van der Waals surface area (Å²) in [7, 11) is 1.72. The average Bonchev–Trinajstić information content (AvgIpc) is 3.29. The fraction of sp³-hybridized carbons (Fsp3) is 0.316. The number of imidazole rings is 1. The topological polar surface area (TPSA) is 43.4 Å². The zero-order valence-corrected chi connectivity index (χ0v) is 14.0. The summed E-state index contributed by atoms with van der Waals surface area (Å²) in [6, 6.07) is 10.2. The molecule has 0 N–H and O–H groups in total. The smallest absolute Gasteiger partial charge is 0.123 e. The molecule has 0 aliphatic rings. The minimum atomic E-state index is 0.846. The lowest BCUT2D eigenvalue weighted by Gasteiger charge is -2.23. The van der Waals surface area contributed by atoms with E-state index in [4.69, 9.17) is 9.15 Å². The zero-order chi connectivity index (χ0) is 16.6. The first-order valence-electron chi connectivity index (χ1n) is 8.16. The van der Waals surface area contributed by atoms with Crippen LogP contribution in [0.4, 0.5) is 0 Å². The molecule has 1 aromatic carbocycles. The summed E-state index contributed by atoms with van der Waals surface area (Å²) < 4.78 is 12.8. The number of aromatic nitrogens is 2. The summed E-state index contributed by atoms with van der Waals surface area (Å²) in [4.78, 5) is 6.51. The highest BCUT2D eigenvalue weighted by atomic mass is 16.5. The van der Waals surface area contributed by atoms with Crippen LogP contribution in [-0.4, -0.2) is 28.1 Å². The number of ether oxygens (including phenoxy) is 1. The molecule has 0 atom stereocenters. The van der Waals surface area contributed by atoms with Gasteiger partial charge in [-0.3, -0.25) is 4.90 Å². The normalized spacial score (nSPS) is 11.1. The maximum Gasteiger partial charge on any atom is 0.123 e. The van der Waals surface area contributed by atoms with E-state index in [1.54, 1.807) is 13.4 Å². The number of rotatable bonds is 9. The number of aryl methyl sites for hydroxylation is 1. The summed E-state index contributed by atoms with van der Waals surface area (Å²) in [5.74, 6) is 0.935. The van der Waals surface area contributed by atoms with E-state index in [0.29, 0.717) is 0 Å². The standard InChI is InChI=1S/C19H23N3O2/c1-23-19-6-3-2-5-18(19)14-22(13-17-7-12-24-15-17)10-4-9-21-11-8-20-16-21/h2-3,5-8,11-12,15-16H,4,9-10,13-14H2,1H3. The molecule has 0 fully saturated rings. The molecule has 3 rings (SSSR count). The molecule has 0 unspecified atom stereocenters. The first kappa shape index (κ1) is 16.3. The molecule has 0 radical (unpaired) electrons. The van der Waals surface area contributed by atoms with Crippen LogP contribution in [0.1, 0.15) is 17.5 Å². The number of furan rings is 1. The molecule has 0 aliphatic heterocycles. The first-order chi connectivity index (χ1) is 11.8. The van der Waals surface area contributed by atoms with Crippen LogP contribution in [-0.2, 0) is 19.6 Å². The van der Waals surface area contributed by atoms with Gasteiger partial charge in [-0.05, 0) is 18.6 Å². The largest absolute Gasteiger partial charge is 0.496 e. The predicted molar refractivity (Wildman–Crippen MR) is 92.7 cm³/mol. The third-order valence-electron chi connectivity index (χ3n) is 4.02. The molecule has 5 nitrogen and oxygen atoms in total. The van der Waals surface area contributed by atoms with Crippen molar-refractivity contribution >= 4 is 0 Å². The molecule has 0 aliphatic carbocycles. The van der Waals surface area contributed by atoms with E-state index in [0.717, 1.165) is 38.3 Å². The Morgan fingerprint density at radius 1 is 1.21 bits per heavy atom. The van der Waals surface area contributed by atoms with Gasteiger partial charge in [0.1, 0.15) is 5.75 Å². The van der Waals surface area contributed by atoms with Gasteiger partial charge in [0.05, 0.1) is 26.0 Å². The van der Waals surface area contributed by atoms with Gasteiger partial charge in [0.2, 0.25) is 0 Å². The van der Waals surface area contributed by atoms with E-state index in [2.05, 4.69) is 26.6 Å². The molecule has 3 aromatic rings. The highest BCUT2D eigenvalue weighted by Crippen LogP contribution is 2.20. The van der Waals surface area contributed by atoms with E-state index in [1.807, 2.05) is 43.2 Å². The molecule has 0 spiro atoms. The van der Waals surface area contributed by atoms with Crippen molar-refractivity contribution < 1.29 is 9.15 Å². The molecule has 2 aromatic heterocycles. The molecular weight excluding hydrogens is 302 g/mol. The second-order valence-corrected chi connectivity index (χ2v) is 5.81. The van der Waals surface area contributed by atoms with Gasteiger partial charge >= 0.3 is 0 Å². The van der Waals surface area contributed by atoms with Crippen LogP contribution >= 0.6 is 0 Å². The van der Waals surface area contributed by atoms with Crippen LogP contribution in [0.15, 0.2) is 66.0 Å². The molecule has 0 bridgehead atoms. The Kier molecular flexibility index (Phi) is 5.69. The second kappa shape index (κ2) is 8.36. The summed E-state index contributed by atoms with van der Waals surface area (Å²) in [5.41, 5.74) is 2.39. The molecule has 0 amide bonds. The molecule has 24 heavy (non-hydrogen) atoms. The third-order valence-corrected chi connectivity index (χ3v) is 4.02. The van der Waals surface area contributed by atoms with Crippen LogP contribution in [0.25, 0.3) is 0 Å². The van der Waals surface area contributed by atoms with Crippen molar-refractivity contribution in [2.75, 3.05) is 13.7 Å². The van der Waals surface area contributed by atoms with Crippen LogP contribution in [0.5, 0.6) is 5.75 Å². The van der Waals surface area contributed by atoms with Crippen molar-refractivity contribution in [3.63, 3.8) is 0 Å². The van der Waals surface area contributed by atoms with Crippen LogP contribution in [0.3, 0.4) is 0 Å². The van der Waals surface area contributed by atoms with Crippen molar-refractivity contribution in [2.45, 2.75) is 26.1 Å². The van der Waals surface area contributed by atoms with Gasteiger partial charge in [0, 0.05) is 49.7 Å². The quantitative estimate of drug-likeness (QED) is 0.603. The average molecular weight is 325 g/mol. The number of hydrogen-bond acceptors (Lipinski definition) is 4. The summed E-state index contributed by atoms with van der Waals surface area (Å²) in [6.45, 7) is 3.66. The van der Waals surface area contributed by atoms with Gasteiger partial charge < -0.3 is 13.7 Å². The number of methoxy groups -OCH3 is 1. The van der Waals surface area contributed by atoms with Crippen molar-refractivity contribution in [3.05, 3.63) is 72.7 Å². The minimum absolute atomic E-state index is 0.846. The fourth-order valence-electron chi connectivity index (χ4n) is 2.83. The highest BCUT2D eigenvalue weighted by Gasteiger charge is 2.11. The molecule has 2 heterocycles. The predicted octanol–water partition coefficient (Wildman–Crippen LogP) is 3.58. The lowest BCUT2D eigenvalue weighted by atomic mass is 10.1. The Bertz CT molecular complexity index is 708. The van der Waals surface area contributed by atoms with Gasteiger partial charge in [-0.1, -0.05) is 18.2 Å². The Balaban J connectivity index is 1.64. The maximum atomic E-state index is 5.49. The Morgan fingerprint density at radius 2 is 2.12 bits per heavy atom. The lowest BCUT2D eigenvalue weighted by molar-refractivity contribution is 0.244. The van der Waals surface area contributed by atoms with Gasteiger partial charge in [0.25, 0.3) is 0 Å². The van der Waals surface area contributed by atoms with E-state index in [1.165, 1.54) is 11.1 Å². The minimum Gasteiger partial charge on any atom is -0.496 e. The van der Waals surface area contributed by atoms with Crippen LogP contribution in [0, 0.1) is 0 Å². The van der Waals surface area contributed by atoms with E-state index < -0.39 is 0 Å². The first-order valence-corrected chi connectivity index (χ1v) is 8.16. The summed E-state index contributed by atoms with van der Waals surface area (Å²) in [6.07, 6.45) is 10.3. The second-order valence-electron chi connectivity index (χ2n) is 5.81. The number of benzene rings is 1. The van der Waals surface area contributed by atoms with E-state index in [-0.39, 0.29) is 0 Å². The van der Waals surface area contributed by atoms with Crippen molar-refractivity contribution in [1.82, 2.24) is 14.5 Å². The van der Waals surface area contributed by atoms with E-state index in [9.17, 15) is 0 Å². The van der Waals surface area contributed by atoms with Gasteiger partial charge in [-0.2, -0.15) is 0 Å². The number of hydrogen-bond donors (Lipinski definition) is 0. The molecule has 5 heteroatoms. The molecule has 0 saturated carbocycles. The highest BCUT2D eigenvalue weighted by molar-refractivity contribution is 5.33. The molecule has 0 saturated heterocycles. The van der Waals surface area contributed by atoms with Crippen molar-refractivity contribution in [1.29, 1.82) is 0 Å². The van der Waals surface area contributed by atoms with E-state index >= 15 is 0 Å². The zero-order valence-electron chi connectivity index (χ0n) is 14.0. The van der Waals surface area contributed by atoms with Gasteiger partial charge in [-0.25, -0.2) is 4.98 Å². The Hall–Kier alpha value is -2.53. The van der Waals surface area contributed by atoms with Crippen LogP contribution < -0.4 is 4.74 Å². The third kappa shape index (κ3) is 4.49. The maximum absolute atomic E-state index is 5.49. The van der Waals surface area contributed by atoms with Gasteiger partial charge in [0.15, 0.2) is 0 Å². The number of nitrogens with zero attached hydrogens (tertiary/aromatic N) is 3. The summed E-state index contributed by atoms with van der Waals surface area (Å²) in [5, 5.41) is 0. The Morgan fingerprint density at radius 3 is 2.88 bits per heavy atom. The SMILES string of the molecule is COc1ccccc1CN(CCCn1ccnc1)Cc1ccoc1. The number of para-hydroxylation sites is 1. The van der Waals surface area contributed by atoms with Gasteiger partial charge in [-0.15, -0.1) is 0 Å². The van der Waals surface area contributed by atoms with Crippen LogP contribution in [0.2, 0.25) is 0 Å². The lowest BCUT2D eigenvalue weighted by Crippen LogP contribution is -2.25.